The molecule has 0 radical (unpaired) electrons. The van der Waals surface area contributed by atoms with Crippen LogP contribution < -0.4 is 5.32 Å². The molecule has 0 heterocycles. The zero-order valence-corrected chi connectivity index (χ0v) is 9.73. The lowest BCUT2D eigenvalue weighted by molar-refractivity contribution is -0.138. The number of aliphatic carboxylic acids is 1. The van der Waals surface area contributed by atoms with Gasteiger partial charge in [-0.2, -0.15) is 5.26 Å². The fourth-order valence-corrected chi connectivity index (χ4v) is 1.09. The van der Waals surface area contributed by atoms with Crippen molar-refractivity contribution in [3.8, 4) is 6.07 Å². The van der Waals surface area contributed by atoms with E-state index in [0.717, 1.165) is 0 Å². The molecule has 0 aliphatic rings. The van der Waals surface area contributed by atoms with Crippen LogP contribution in [0.4, 0.5) is 4.79 Å². The second kappa shape index (κ2) is 6.67. The zero-order valence-electron chi connectivity index (χ0n) is 9.73. The highest BCUT2D eigenvalue weighted by Crippen LogP contribution is 2.01. The largest absolute Gasteiger partial charge is 0.480 e. The average molecular weight is 227 g/mol. The Kier molecular flexibility index (Phi) is 5.93. The average Bonchev–Trinajstić information content (AvgIpc) is 2.17. The van der Waals surface area contributed by atoms with Gasteiger partial charge in [0.2, 0.25) is 0 Å². The molecule has 0 rings (SSSR count). The molecule has 0 unspecified atom stereocenters. The van der Waals surface area contributed by atoms with Crippen molar-refractivity contribution in [3.05, 3.63) is 0 Å². The standard InChI is InChI=1S/C10H17N3O3/c1-7(2)13(6-4-5-11)10(16)12-8(3)9(14)15/h7-8H,4,6H2,1-3H3,(H,12,16)(H,14,15)/t8-/m1/s1. The van der Waals surface area contributed by atoms with Gasteiger partial charge >= 0.3 is 12.0 Å². The van der Waals surface area contributed by atoms with Crippen molar-refractivity contribution in [2.24, 2.45) is 0 Å². The molecule has 0 spiro atoms. The van der Waals surface area contributed by atoms with Gasteiger partial charge in [-0.3, -0.25) is 4.79 Å². The number of carboxylic acids is 1. The van der Waals surface area contributed by atoms with E-state index in [-0.39, 0.29) is 12.5 Å². The molecule has 2 N–H and O–H groups in total. The van der Waals surface area contributed by atoms with Gasteiger partial charge in [0.25, 0.3) is 0 Å². The molecule has 0 saturated heterocycles. The van der Waals surface area contributed by atoms with Crippen LogP contribution in [0.2, 0.25) is 0 Å². The van der Waals surface area contributed by atoms with Crippen LogP contribution >= 0.6 is 0 Å². The Bertz CT molecular complexity index is 296. The Morgan fingerprint density at radius 1 is 1.44 bits per heavy atom. The number of nitriles is 1. The summed E-state index contributed by atoms with van der Waals surface area (Å²) in [5, 5.41) is 19.4. The first kappa shape index (κ1) is 14.2. The summed E-state index contributed by atoms with van der Waals surface area (Å²) in [6, 6.07) is 0.479. The molecule has 16 heavy (non-hydrogen) atoms. The second-order valence-electron chi connectivity index (χ2n) is 3.70. The van der Waals surface area contributed by atoms with Crippen LogP contribution in [0.25, 0.3) is 0 Å². The van der Waals surface area contributed by atoms with E-state index in [1.165, 1.54) is 11.8 Å². The molecule has 1 atom stereocenters. The molecule has 0 aromatic heterocycles. The number of nitrogens with zero attached hydrogens (tertiary/aromatic N) is 2. The molecule has 0 bridgehead atoms. The quantitative estimate of drug-likeness (QED) is 0.726. The third-order valence-electron chi connectivity index (χ3n) is 2.06. The fraction of sp³-hybridized carbons (Fsp3) is 0.700. The smallest absolute Gasteiger partial charge is 0.325 e. The molecular weight excluding hydrogens is 210 g/mol. The zero-order chi connectivity index (χ0) is 12.7. The van der Waals surface area contributed by atoms with Gasteiger partial charge in [-0.15, -0.1) is 0 Å². The van der Waals surface area contributed by atoms with Crippen LogP contribution in [-0.2, 0) is 4.79 Å². The Labute approximate surface area is 94.8 Å². The minimum atomic E-state index is -1.09. The molecule has 0 fully saturated rings. The fourth-order valence-electron chi connectivity index (χ4n) is 1.09. The van der Waals surface area contributed by atoms with Crippen molar-refractivity contribution < 1.29 is 14.7 Å². The molecule has 0 aliphatic carbocycles. The second-order valence-corrected chi connectivity index (χ2v) is 3.70. The minimum absolute atomic E-state index is 0.0747. The lowest BCUT2D eigenvalue weighted by Crippen LogP contribution is -2.49. The summed E-state index contributed by atoms with van der Waals surface area (Å²) in [6.07, 6.45) is 0.229. The predicted molar refractivity (Wildman–Crippen MR) is 57.7 cm³/mol. The van der Waals surface area contributed by atoms with Crippen molar-refractivity contribution in [3.63, 3.8) is 0 Å². The van der Waals surface area contributed by atoms with Crippen molar-refractivity contribution in [2.75, 3.05) is 6.54 Å². The van der Waals surface area contributed by atoms with Gasteiger partial charge in [-0.1, -0.05) is 0 Å². The van der Waals surface area contributed by atoms with Crippen LogP contribution in [0.15, 0.2) is 0 Å². The maximum Gasteiger partial charge on any atom is 0.325 e. The minimum Gasteiger partial charge on any atom is -0.480 e. The van der Waals surface area contributed by atoms with Gasteiger partial charge in [-0.25, -0.2) is 4.79 Å². The number of nitrogens with one attached hydrogen (secondary N) is 1. The van der Waals surface area contributed by atoms with Crippen LogP contribution in [0.5, 0.6) is 0 Å². The highest BCUT2D eigenvalue weighted by atomic mass is 16.4. The first-order valence-corrected chi connectivity index (χ1v) is 5.07. The van der Waals surface area contributed by atoms with E-state index in [0.29, 0.717) is 6.54 Å². The van der Waals surface area contributed by atoms with Gasteiger partial charge in [-0.05, 0) is 20.8 Å². The molecular formula is C10H17N3O3. The third-order valence-corrected chi connectivity index (χ3v) is 2.06. The van der Waals surface area contributed by atoms with E-state index >= 15 is 0 Å². The number of rotatable bonds is 5. The summed E-state index contributed by atoms with van der Waals surface area (Å²) in [4.78, 5) is 23.6. The van der Waals surface area contributed by atoms with E-state index in [4.69, 9.17) is 10.4 Å². The molecule has 0 aromatic carbocycles. The molecule has 2 amide bonds. The maximum atomic E-state index is 11.6. The van der Waals surface area contributed by atoms with Crippen molar-refractivity contribution in [2.45, 2.75) is 39.3 Å². The Hall–Kier alpha value is -1.77. The van der Waals surface area contributed by atoms with Gasteiger partial charge in [0, 0.05) is 12.6 Å². The molecule has 0 aromatic rings. The summed E-state index contributed by atoms with van der Waals surface area (Å²) < 4.78 is 0. The van der Waals surface area contributed by atoms with Crippen molar-refractivity contribution in [1.82, 2.24) is 10.2 Å². The van der Waals surface area contributed by atoms with Crippen molar-refractivity contribution in [1.29, 1.82) is 5.26 Å². The third kappa shape index (κ3) is 4.64. The Morgan fingerprint density at radius 2 is 2.00 bits per heavy atom. The maximum absolute atomic E-state index is 11.6. The first-order chi connectivity index (χ1) is 7.40. The molecule has 0 aliphatic heterocycles. The number of urea groups is 1. The molecule has 6 heteroatoms. The lowest BCUT2D eigenvalue weighted by atomic mass is 10.3. The van der Waals surface area contributed by atoms with Gasteiger partial charge in [0.05, 0.1) is 12.5 Å². The van der Waals surface area contributed by atoms with Crippen molar-refractivity contribution >= 4 is 12.0 Å². The van der Waals surface area contributed by atoms with Gasteiger partial charge < -0.3 is 15.3 Å². The Morgan fingerprint density at radius 3 is 2.38 bits per heavy atom. The number of carbonyl (C=O) groups excluding carboxylic acids is 1. The van der Waals surface area contributed by atoms with E-state index in [1.807, 2.05) is 19.9 Å². The molecule has 90 valence electrons. The summed E-state index contributed by atoms with van der Waals surface area (Å²) >= 11 is 0. The van der Waals surface area contributed by atoms with Crippen LogP contribution in [-0.4, -0.2) is 40.6 Å². The number of amides is 2. The number of hydrogen-bond acceptors (Lipinski definition) is 3. The number of carboxylic acid groups (broad SMARTS) is 1. The normalized spacial score (nSPS) is 11.7. The summed E-state index contributed by atoms with van der Waals surface area (Å²) in [7, 11) is 0. The van der Waals surface area contributed by atoms with Crippen LogP contribution in [0, 0.1) is 11.3 Å². The van der Waals surface area contributed by atoms with E-state index in [2.05, 4.69) is 5.32 Å². The number of hydrogen-bond donors (Lipinski definition) is 2. The monoisotopic (exact) mass is 227 g/mol. The SMILES string of the molecule is CC(C)N(CCC#N)C(=O)N[C@H](C)C(=O)O. The van der Waals surface area contributed by atoms with E-state index in [9.17, 15) is 9.59 Å². The number of carbonyl (C=O) groups is 2. The highest BCUT2D eigenvalue weighted by Gasteiger charge is 2.20. The lowest BCUT2D eigenvalue weighted by Gasteiger charge is -2.26. The first-order valence-electron chi connectivity index (χ1n) is 5.07. The topological polar surface area (TPSA) is 93.4 Å². The summed E-state index contributed by atoms with van der Waals surface area (Å²) in [5.74, 6) is -1.09. The molecule has 6 nitrogen and oxygen atoms in total. The van der Waals surface area contributed by atoms with Crippen LogP contribution in [0.3, 0.4) is 0 Å². The predicted octanol–water partition coefficient (Wildman–Crippen LogP) is 0.793. The summed E-state index contributed by atoms with van der Waals surface area (Å²) in [5.41, 5.74) is 0. The Balaban J connectivity index is 4.39. The van der Waals surface area contributed by atoms with Gasteiger partial charge in [0.1, 0.15) is 6.04 Å². The molecule has 0 saturated carbocycles. The van der Waals surface area contributed by atoms with Gasteiger partial charge in [0.15, 0.2) is 0 Å². The summed E-state index contributed by atoms with van der Waals surface area (Å²) in [6.45, 7) is 5.31. The van der Waals surface area contributed by atoms with Crippen LogP contribution in [0.1, 0.15) is 27.2 Å². The van der Waals surface area contributed by atoms with E-state index < -0.39 is 18.0 Å². The van der Waals surface area contributed by atoms with E-state index in [1.54, 1.807) is 0 Å². The highest BCUT2D eigenvalue weighted by molar-refractivity contribution is 5.82.